The van der Waals surface area contributed by atoms with Crippen LogP contribution in [0, 0.1) is 5.92 Å². The van der Waals surface area contributed by atoms with E-state index in [1.54, 1.807) is 0 Å². The molecule has 3 aliphatic rings. The SMILES string of the molecule is CN1CCC(CC(=O)N2CCOCC23CCOC3)CC1. The maximum absolute atomic E-state index is 12.7. The zero-order valence-corrected chi connectivity index (χ0v) is 12.5. The minimum absolute atomic E-state index is 0.166. The molecule has 1 unspecified atom stereocenters. The van der Waals surface area contributed by atoms with Gasteiger partial charge in [0.05, 0.1) is 25.4 Å². The summed E-state index contributed by atoms with van der Waals surface area (Å²) in [5.41, 5.74) is -0.166. The van der Waals surface area contributed by atoms with Crippen LogP contribution in [0.2, 0.25) is 0 Å². The quantitative estimate of drug-likeness (QED) is 0.749. The van der Waals surface area contributed by atoms with Crippen molar-refractivity contribution in [2.45, 2.75) is 31.2 Å². The Hall–Kier alpha value is -0.650. The molecule has 0 aromatic carbocycles. The second-order valence-corrected chi connectivity index (χ2v) is 6.58. The van der Waals surface area contributed by atoms with E-state index < -0.39 is 0 Å². The second-order valence-electron chi connectivity index (χ2n) is 6.58. The lowest BCUT2D eigenvalue weighted by molar-refractivity contribution is -0.150. The molecule has 114 valence electrons. The van der Waals surface area contributed by atoms with Crippen LogP contribution in [0.25, 0.3) is 0 Å². The third-order valence-corrected chi connectivity index (χ3v) is 5.09. The van der Waals surface area contributed by atoms with Gasteiger partial charge in [0, 0.05) is 19.6 Å². The monoisotopic (exact) mass is 282 g/mol. The van der Waals surface area contributed by atoms with Gasteiger partial charge in [-0.2, -0.15) is 0 Å². The van der Waals surface area contributed by atoms with Crippen molar-refractivity contribution in [3.63, 3.8) is 0 Å². The van der Waals surface area contributed by atoms with E-state index in [4.69, 9.17) is 9.47 Å². The van der Waals surface area contributed by atoms with Crippen LogP contribution in [0.15, 0.2) is 0 Å². The number of hydrogen-bond acceptors (Lipinski definition) is 4. The molecule has 3 aliphatic heterocycles. The third kappa shape index (κ3) is 2.85. The van der Waals surface area contributed by atoms with Gasteiger partial charge in [0.1, 0.15) is 0 Å². The molecule has 0 aliphatic carbocycles. The number of amides is 1. The minimum atomic E-state index is -0.166. The molecular weight excluding hydrogens is 256 g/mol. The summed E-state index contributed by atoms with van der Waals surface area (Å²) in [6, 6.07) is 0. The Kier molecular flexibility index (Phi) is 4.29. The highest BCUT2D eigenvalue weighted by Crippen LogP contribution is 2.31. The van der Waals surface area contributed by atoms with Crippen LogP contribution in [0.3, 0.4) is 0 Å². The molecule has 0 N–H and O–H groups in total. The van der Waals surface area contributed by atoms with Gasteiger partial charge < -0.3 is 19.3 Å². The first-order valence-electron chi connectivity index (χ1n) is 7.84. The molecule has 0 aromatic heterocycles. The molecule has 3 saturated heterocycles. The first kappa shape index (κ1) is 14.3. The maximum Gasteiger partial charge on any atom is 0.223 e. The summed E-state index contributed by atoms with van der Waals surface area (Å²) in [7, 11) is 2.16. The fourth-order valence-corrected chi connectivity index (χ4v) is 3.67. The van der Waals surface area contributed by atoms with Gasteiger partial charge in [-0.15, -0.1) is 0 Å². The van der Waals surface area contributed by atoms with E-state index in [-0.39, 0.29) is 5.54 Å². The summed E-state index contributed by atoms with van der Waals surface area (Å²) >= 11 is 0. The van der Waals surface area contributed by atoms with Gasteiger partial charge in [-0.1, -0.05) is 0 Å². The summed E-state index contributed by atoms with van der Waals surface area (Å²) in [5.74, 6) is 0.870. The number of hydrogen-bond donors (Lipinski definition) is 0. The molecule has 5 nitrogen and oxygen atoms in total. The zero-order chi connectivity index (χ0) is 14.0. The lowest BCUT2D eigenvalue weighted by Crippen LogP contribution is -2.60. The van der Waals surface area contributed by atoms with Crippen molar-refractivity contribution in [1.29, 1.82) is 0 Å². The number of nitrogens with zero attached hydrogens (tertiary/aromatic N) is 2. The highest BCUT2D eigenvalue weighted by atomic mass is 16.5. The number of carbonyl (C=O) groups excluding carboxylic acids is 1. The van der Waals surface area contributed by atoms with E-state index in [1.807, 2.05) is 0 Å². The summed E-state index contributed by atoms with van der Waals surface area (Å²) in [4.78, 5) is 17.1. The Bertz CT molecular complexity index is 347. The number of carbonyl (C=O) groups is 1. The smallest absolute Gasteiger partial charge is 0.223 e. The predicted octanol–water partition coefficient (Wildman–Crippen LogP) is 0.736. The molecule has 1 spiro atoms. The Labute approximate surface area is 121 Å². The van der Waals surface area contributed by atoms with E-state index in [1.165, 1.54) is 0 Å². The lowest BCUT2D eigenvalue weighted by atomic mass is 9.90. The average Bonchev–Trinajstić information content (AvgIpc) is 2.90. The topological polar surface area (TPSA) is 42.0 Å². The van der Waals surface area contributed by atoms with Crippen molar-refractivity contribution < 1.29 is 14.3 Å². The van der Waals surface area contributed by atoms with Gasteiger partial charge in [0.15, 0.2) is 0 Å². The summed E-state index contributed by atoms with van der Waals surface area (Å²) < 4.78 is 11.2. The van der Waals surface area contributed by atoms with Crippen molar-refractivity contribution in [2.75, 3.05) is 53.1 Å². The lowest BCUT2D eigenvalue weighted by Gasteiger charge is -2.44. The summed E-state index contributed by atoms with van der Waals surface area (Å²) in [6.07, 6.45) is 3.92. The van der Waals surface area contributed by atoms with E-state index in [0.29, 0.717) is 38.1 Å². The molecule has 0 aromatic rings. The Morgan fingerprint density at radius 1 is 1.15 bits per heavy atom. The highest BCUT2D eigenvalue weighted by molar-refractivity contribution is 5.77. The fraction of sp³-hybridized carbons (Fsp3) is 0.933. The van der Waals surface area contributed by atoms with E-state index in [9.17, 15) is 4.79 Å². The van der Waals surface area contributed by atoms with Crippen LogP contribution in [0.1, 0.15) is 25.7 Å². The molecule has 20 heavy (non-hydrogen) atoms. The number of piperidine rings is 1. The van der Waals surface area contributed by atoms with Crippen molar-refractivity contribution in [3.8, 4) is 0 Å². The van der Waals surface area contributed by atoms with E-state index in [0.717, 1.165) is 45.5 Å². The molecule has 0 saturated carbocycles. The van der Waals surface area contributed by atoms with Crippen LogP contribution in [0.4, 0.5) is 0 Å². The van der Waals surface area contributed by atoms with Gasteiger partial charge in [0.25, 0.3) is 0 Å². The van der Waals surface area contributed by atoms with Crippen LogP contribution in [0.5, 0.6) is 0 Å². The highest BCUT2D eigenvalue weighted by Gasteiger charge is 2.45. The molecular formula is C15H26N2O3. The molecule has 5 heteroatoms. The van der Waals surface area contributed by atoms with Crippen molar-refractivity contribution in [3.05, 3.63) is 0 Å². The number of likely N-dealkylation sites (tertiary alicyclic amines) is 1. The van der Waals surface area contributed by atoms with E-state index in [2.05, 4.69) is 16.8 Å². The zero-order valence-electron chi connectivity index (χ0n) is 12.5. The first-order valence-corrected chi connectivity index (χ1v) is 7.84. The molecule has 3 fully saturated rings. The predicted molar refractivity (Wildman–Crippen MR) is 75.5 cm³/mol. The average molecular weight is 282 g/mol. The fourth-order valence-electron chi connectivity index (χ4n) is 3.67. The largest absolute Gasteiger partial charge is 0.379 e. The first-order chi connectivity index (χ1) is 9.70. The van der Waals surface area contributed by atoms with Crippen molar-refractivity contribution in [2.24, 2.45) is 5.92 Å². The van der Waals surface area contributed by atoms with Gasteiger partial charge in [-0.25, -0.2) is 0 Å². The standard InChI is InChI=1S/C15H26N2O3/c1-16-5-2-13(3-6-16)10-14(18)17-7-9-20-12-15(17)4-8-19-11-15/h13H,2-12H2,1H3. The summed E-state index contributed by atoms with van der Waals surface area (Å²) in [5, 5.41) is 0. The molecule has 3 heterocycles. The van der Waals surface area contributed by atoms with Crippen LogP contribution < -0.4 is 0 Å². The van der Waals surface area contributed by atoms with Crippen molar-refractivity contribution >= 4 is 5.91 Å². The minimum Gasteiger partial charge on any atom is -0.379 e. The molecule has 3 rings (SSSR count). The molecule has 0 bridgehead atoms. The normalized spacial score (nSPS) is 33.0. The second kappa shape index (κ2) is 6.00. The van der Waals surface area contributed by atoms with Crippen LogP contribution >= 0.6 is 0 Å². The van der Waals surface area contributed by atoms with Gasteiger partial charge >= 0.3 is 0 Å². The Balaban J connectivity index is 1.60. The molecule has 0 radical (unpaired) electrons. The van der Waals surface area contributed by atoms with Crippen LogP contribution in [-0.2, 0) is 14.3 Å². The number of ether oxygens (including phenoxy) is 2. The summed E-state index contributed by atoms with van der Waals surface area (Å²) in [6.45, 7) is 5.68. The van der Waals surface area contributed by atoms with Crippen molar-refractivity contribution in [1.82, 2.24) is 9.80 Å². The Morgan fingerprint density at radius 2 is 1.85 bits per heavy atom. The van der Waals surface area contributed by atoms with Crippen LogP contribution in [-0.4, -0.2) is 74.4 Å². The number of morpholine rings is 1. The van der Waals surface area contributed by atoms with Gasteiger partial charge in [-0.3, -0.25) is 4.79 Å². The number of rotatable bonds is 2. The molecule has 1 amide bonds. The maximum atomic E-state index is 12.7. The van der Waals surface area contributed by atoms with Gasteiger partial charge in [0.2, 0.25) is 5.91 Å². The third-order valence-electron chi connectivity index (χ3n) is 5.09. The molecule has 1 atom stereocenters. The van der Waals surface area contributed by atoms with Gasteiger partial charge in [-0.05, 0) is 45.3 Å². The Morgan fingerprint density at radius 3 is 2.55 bits per heavy atom. The van der Waals surface area contributed by atoms with E-state index >= 15 is 0 Å².